The molecule has 0 atom stereocenters. The van der Waals surface area contributed by atoms with Crippen LogP contribution in [0, 0.1) is 6.92 Å². The van der Waals surface area contributed by atoms with Crippen LogP contribution < -0.4 is 15.8 Å². The monoisotopic (exact) mass is 257 g/mol. The van der Waals surface area contributed by atoms with Crippen LogP contribution in [0.1, 0.15) is 46.3 Å². The molecule has 0 fully saturated rings. The predicted molar refractivity (Wildman–Crippen MR) is 76.8 cm³/mol. The third kappa shape index (κ3) is 2.85. The van der Waals surface area contributed by atoms with Crippen LogP contribution in [0.25, 0.3) is 5.57 Å². The molecular weight excluding hydrogens is 224 g/mol. The first-order valence-corrected chi connectivity index (χ1v) is 5.39. The molecule has 3 N–H and O–H groups in total. The second-order valence-electron chi connectivity index (χ2n) is 3.93. The standard InChI is InChI=1S/C15H22N2O/c1-10(2)18-15-9-13(11(3)8-14(15)16)12-4-6-17-7-5-12/h4,8-10,17H,5-7,16H2,1-3H3/i1D3,2D3,6D2,7D2,10D. The lowest BCUT2D eigenvalue weighted by Gasteiger charge is -2.19. The molecule has 0 aromatic heterocycles. The van der Waals surface area contributed by atoms with E-state index in [2.05, 4.69) is 5.32 Å². The van der Waals surface area contributed by atoms with E-state index in [0.29, 0.717) is 11.1 Å². The van der Waals surface area contributed by atoms with E-state index in [1.807, 2.05) is 0 Å². The van der Waals surface area contributed by atoms with Gasteiger partial charge in [0, 0.05) is 20.2 Å². The fraction of sp³-hybridized carbons (Fsp3) is 0.467. The number of hydrogen-bond donors (Lipinski definition) is 2. The van der Waals surface area contributed by atoms with E-state index < -0.39 is 32.8 Å². The van der Waals surface area contributed by atoms with Gasteiger partial charge in [-0.1, -0.05) is 6.08 Å². The number of ether oxygens (including phenoxy) is 1. The minimum atomic E-state index is -3.32. The first kappa shape index (κ1) is 4.89. The average Bonchev–Trinajstić information content (AvgIpc) is 2.44. The highest BCUT2D eigenvalue weighted by atomic mass is 16.5. The lowest BCUT2D eigenvalue weighted by molar-refractivity contribution is 0.244. The molecule has 18 heavy (non-hydrogen) atoms. The Labute approximate surface area is 124 Å². The van der Waals surface area contributed by atoms with Crippen LogP contribution in [0.2, 0.25) is 0 Å². The molecule has 0 radical (unpaired) electrons. The molecule has 1 heterocycles. The minimum absolute atomic E-state index is 0.100. The van der Waals surface area contributed by atoms with Crippen LogP contribution in [0.15, 0.2) is 18.2 Å². The van der Waals surface area contributed by atoms with Crippen LogP contribution in [-0.2, 0) is 0 Å². The maximum Gasteiger partial charge on any atom is 0.143 e. The zero-order chi connectivity index (χ0) is 22.6. The van der Waals surface area contributed by atoms with Gasteiger partial charge in [-0.25, -0.2) is 0 Å². The SMILES string of the molecule is [2H]C1([2H])C=C(c2cc(OC([2H])(C([2H])([2H])[2H])C([2H])([2H])[2H])c(N)cc2C)CC([2H])([2H])N1. The fourth-order valence-electron chi connectivity index (χ4n) is 1.79. The van der Waals surface area contributed by atoms with Crippen molar-refractivity contribution in [2.75, 3.05) is 18.7 Å². The number of nitrogen functional groups attached to an aromatic ring is 1. The van der Waals surface area contributed by atoms with E-state index in [9.17, 15) is 0 Å². The van der Waals surface area contributed by atoms with Crippen molar-refractivity contribution in [1.29, 1.82) is 0 Å². The Kier molecular flexibility index (Phi) is 1.48. The van der Waals surface area contributed by atoms with Crippen LogP contribution >= 0.6 is 0 Å². The minimum Gasteiger partial charge on any atom is -0.489 e. The maximum atomic E-state index is 8.00. The molecule has 1 aliphatic heterocycles. The topological polar surface area (TPSA) is 47.3 Å². The molecule has 3 heteroatoms. The number of aryl methyl sites for hydroxylation is 1. The molecule has 0 aliphatic carbocycles. The van der Waals surface area contributed by atoms with Gasteiger partial charge >= 0.3 is 0 Å². The summed E-state index contributed by atoms with van der Waals surface area (Å²) in [6, 6.07) is 2.59. The molecule has 98 valence electrons. The van der Waals surface area contributed by atoms with Crippen LogP contribution in [-0.4, -0.2) is 19.1 Å². The van der Waals surface area contributed by atoms with Gasteiger partial charge in [0.05, 0.1) is 13.1 Å². The largest absolute Gasteiger partial charge is 0.489 e. The Morgan fingerprint density at radius 3 is 3.11 bits per heavy atom. The Hall–Kier alpha value is -1.48. The van der Waals surface area contributed by atoms with Crippen LogP contribution in [0.5, 0.6) is 5.75 Å². The number of benzene rings is 1. The highest BCUT2D eigenvalue weighted by molar-refractivity contribution is 5.73. The summed E-state index contributed by atoms with van der Waals surface area (Å²) in [4.78, 5) is 0. The van der Waals surface area contributed by atoms with Crippen molar-refractivity contribution in [3.8, 4) is 5.75 Å². The quantitative estimate of drug-likeness (QED) is 0.819. The molecule has 0 bridgehead atoms. The van der Waals surface area contributed by atoms with Crippen molar-refractivity contribution in [3.63, 3.8) is 0 Å². The summed E-state index contributed by atoms with van der Waals surface area (Å²) in [5.41, 5.74) is 6.86. The van der Waals surface area contributed by atoms with Crippen molar-refractivity contribution >= 4 is 11.3 Å². The van der Waals surface area contributed by atoms with E-state index in [1.54, 1.807) is 6.92 Å². The van der Waals surface area contributed by atoms with E-state index >= 15 is 0 Å². The molecule has 2 rings (SSSR count). The van der Waals surface area contributed by atoms with E-state index in [-0.39, 0.29) is 23.4 Å². The fourth-order valence-corrected chi connectivity index (χ4v) is 1.79. The summed E-state index contributed by atoms with van der Waals surface area (Å²) >= 11 is 0. The highest BCUT2D eigenvalue weighted by Crippen LogP contribution is 2.32. The third-order valence-electron chi connectivity index (χ3n) is 2.60. The number of rotatable bonds is 3. The van der Waals surface area contributed by atoms with E-state index in [4.69, 9.17) is 25.5 Å². The van der Waals surface area contributed by atoms with E-state index in [0.717, 1.165) is 0 Å². The molecule has 1 aliphatic rings. The van der Waals surface area contributed by atoms with Crippen LogP contribution in [0.3, 0.4) is 0 Å². The van der Waals surface area contributed by atoms with Crippen molar-refractivity contribution in [2.45, 2.75) is 33.1 Å². The molecule has 0 saturated heterocycles. The number of nitrogens with two attached hydrogens (primary N) is 1. The van der Waals surface area contributed by atoms with Gasteiger partial charge in [0.25, 0.3) is 0 Å². The van der Waals surface area contributed by atoms with Crippen molar-refractivity contribution in [1.82, 2.24) is 5.32 Å². The molecular formula is C15H22N2O. The Morgan fingerprint density at radius 1 is 1.56 bits per heavy atom. The van der Waals surface area contributed by atoms with Gasteiger partial charge in [0.15, 0.2) is 0 Å². The molecule has 0 saturated carbocycles. The second-order valence-corrected chi connectivity index (χ2v) is 3.93. The first-order valence-electron chi connectivity index (χ1n) is 10.9. The Bertz CT molecular complexity index is 813. The summed E-state index contributed by atoms with van der Waals surface area (Å²) in [7, 11) is 0. The van der Waals surface area contributed by atoms with Gasteiger partial charge in [-0.15, -0.1) is 0 Å². The number of anilines is 1. The molecule has 0 amide bonds. The van der Waals surface area contributed by atoms with Gasteiger partial charge in [0.2, 0.25) is 0 Å². The van der Waals surface area contributed by atoms with Gasteiger partial charge < -0.3 is 15.8 Å². The lowest BCUT2D eigenvalue weighted by atomic mass is 9.95. The van der Waals surface area contributed by atoms with Crippen molar-refractivity contribution in [2.24, 2.45) is 0 Å². The number of nitrogens with one attached hydrogen (secondary N) is 1. The Balaban J connectivity index is 2.59. The summed E-state index contributed by atoms with van der Waals surface area (Å²) < 4.78 is 89.3. The smallest absolute Gasteiger partial charge is 0.143 e. The third-order valence-corrected chi connectivity index (χ3v) is 2.60. The average molecular weight is 257 g/mol. The maximum absolute atomic E-state index is 8.00. The van der Waals surface area contributed by atoms with Crippen molar-refractivity contribution in [3.05, 3.63) is 29.3 Å². The summed E-state index contributed by atoms with van der Waals surface area (Å²) in [6.45, 7) is -9.22. The summed E-state index contributed by atoms with van der Waals surface area (Å²) in [6.07, 6.45) is -2.31. The molecule has 0 unspecified atom stereocenters. The van der Waals surface area contributed by atoms with Gasteiger partial charge in [-0.05, 0) is 62.4 Å². The van der Waals surface area contributed by atoms with Crippen LogP contribution in [0.4, 0.5) is 5.69 Å². The molecule has 1 aromatic carbocycles. The lowest BCUT2D eigenvalue weighted by Crippen LogP contribution is -2.20. The summed E-state index contributed by atoms with van der Waals surface area (Å²) in [5.74, 6) is -0.367. The normalized spacial score (nSPS) is 32.3. The highest BCUT2D eigenvalue weighted by Gasteiger charge is 2.12. The van der Waals surface area contributed by atoms with E-state index in [1.165, 1.54) is 18.2 Å². The zero-order valence-corrected chi connectivity index (χ0v) is 9.92. The Morgan fingerprint density at radius 2 is 2.39 bits per heavy atom. The predicted octanol–water partition coefficient (Wildman–Crippen LogP) is 2.74. The molecule has 0 spiro atoms. The molecule has 3 nitrogen and oxygen atoms in total. The first-order chi connectivity index (χ1) is 12.8. The van der Waals surface area contributed by atoms with Gasteiger partial charge in [-0.3, -0.25) is 0 Å². The molecule has 1 aromatic rings. The second kappa shape index (κ2) is 5.44. The van der Waals surface area contributed by atoms with Crippen molar-refractivity contribution < 1.29 is 19.8 Å². The summed E-state index contributed by atoms with van der Waals surface area (Å²) in [5, 5.41) is 2.21. The van der Waals surface area contributed by atoms with Gasteiger partial charge in [-0.2, -0.15) is 0 Å². The van der Waals surface area contributed by atoms with Gasteiger partial charge in [0.1, 0.15) is 5.75 Å². The number of hydrogen-bond acceptors (Lipinski definition) is 3. The zero-order valence-electron chi connectivity index (χ0n) is 20.9.